The number of ether oxygens (including phenoxy) is 1. The number of carbonyl (C=O) groups is 1. The van der Waals surface area contributed by atoms with Crippen LogP contribution in [0.15, 0.2) is 41.2 Å². The molecule has 5 nitrogen and oxygen atoms in total. The molecule has 19 heavy (non-hydrogen) atoms. The average molecular weight is 259 g/mol. The van der Waals surface area contributed by atoms with Gasteiger partial charge in [0.15, 0.2) is 0 Å². The van der Waals surface area contributed by atoms with Gasteiger partial charge in [0.05, 0.1) is 6.61 Å². The lowest BCUT2D eigenvalue weighted by atomic mass is 10.1. The fraction of sp³-hybridized carbons (Fsp3) is 0.143. The third-order valence-electron chi connectivity index (χ3n) is 2.60. The molecule has 0 aliphatic carbocycles. The van der Waals surface area contributed by atoms with E-state index >= 15 is 0 Å². The molecule has 2 N–H and O–H groups in total. The molecule has 2 rings (SSSR count). The van der Waals surface area contributed by atoms with Crippen LogP contribution in [0.3, 0.4) is 0 Å². The summed E-state index contributed by atoms with van der Waals surface area (Å²) in [6, 6.07) is 10.1. The number of benzene rings is 1. The Morgan fingerprint density at radius 1 is 1.32 bits per heavy atom. The molecule has 0 unspecified atom stereocenters. The Bertz CT molecular complexity index is 660. The van der Waals surface area contributed by atoms with Gasteiger partial charge >= 0.3 is 5.97 Å². The molecule has 0 bridgehead atoms. The molecule has 0 atom stereocenters. The number of aromatic carboxylic acids is 1. The average Bonchev–Trinajstić information content (AvgIpc) is 2.39. The number of aromatic amines is 1. The van der Waals surface area contributed by atoms with Crippen molar-refractivity contribution in [2.45, 2.75) is 6.92 Å². The molecule has 0 saturated heterocycles. The van der Waals surface area contributed by atoms with Crippen LogP contribution in [0.25, 0.3) is 11.3 Å². The smallest absolute Gasteiger partial charge is 0.341 e. The highest BCUT2D eigenvalue weighted by Crippen LogP contribution is 2.21. The molecule has 2 aromatic rings. The van der Waals surface area contributed by atoms with Gasteiger partial charge in [0.25, 0.3) is 5.56 Å². The Kier molecular flexibility index (Phi) is 3.66. The number of rotatable bonds is 4. The zero-order valence-corrected chi connectivity index (χ0v) is 10.3. The van der Waals surface area contributed by atoms with Crippen molar-refractivity contribution >= 4 is 5.97 Å². The molecule has 5 heteroatoms. The van der Waals surface area contributed by atoms with Crippen LogP contribution in [0.2, 0.25) is 0 Å². The Morgan fingerprint density at radius 2 is 2.11 bits per heavy atom. The second-order valence-electron chi connectivity index (χ2n) is 3.88. The summed E-state index contributed by atoms with van der Waals surface area (Å²) in [7, 11) is 0. The first-order valence-electron chi connectivity index (χ1n) is 5.81. The minimum atomic E-state index is -1.24. The molecule has 0 spiro atoms. The minimum Gasteiger partial charge on any atom is -0.494 e. The van der Waals surface area contributed by atoms with Crippen LogP contribution in [0.5, 0.6) is 5.75 Å². The van der Waals surface area contributed by atoms with Crippen molar-refractivity contribution in [2.24, 2.45) is 0 Å². The topological polar surface area (TPSA) is 79.4 Å². The summed E-state index contributed by atoms with van der Waals surface area (Å²) in [4.78, 5) is 24.9. The fourth-order valence-electron chi connectivity index (χ4n) is 1.73. The number of pyridine rings is 1. The van der Waals surface area contributed by atoms with Gasteiger partial charge in [-0.15, -0.1) is 0 Å². The van der Waals surface area contributed by atoms with Crippen LogP contribution in [0.4, 0.5) is 0 Å². The highest BCUT2D eigenvalue weighted by molar-refractivity contribution is 5.87. The molecule has 1 heterocycles. The van der Waals surface area contributed by atoms with E-state index in [9.17, 15) is 9.59 Å². The quantitative estimate of drug-likeness (QED) is 0.881. The summed E-state index contributed by atoms with van der Waals surface area (Å²) in [5.74, 6) is -0.543. The standard InChI is InChI=1S/C14H13NO4/c1-2-19-10-5-3-4-9(8-10)12-7-6-11(14(17)18)13(16)15-12/h3-8H,2H2,1H3,(H,15,16)(H,17,18). The maximum absolute atomic E-state index is 11.6. The third-order valence-corrected chi connectivity index (χ3v) is 2.60. The number of hydrogen-bond acceptors (Lipinski definition) is 3. The first kappa shape index (κ1) is 12.9. The minimum absolute atomic E-state index is 0.273. The van der Waals surface area contributed by atoms with Crippen molar-refractivity contribution in [3.05, 3.63) is 52.3 Å². The molecule has 0 aliphatic rings. The molecule has 0 radical (unpaired) electrons. The highest BCUT2D eigenvalue weighted by atomic mass is 16.5. The zero-order valence-electron chi connectivity index (χ0n) is 10.3. The van der Waals surface area contributed by atoms with Gasteiger partial charge in [-0.1, -0.05) is 12.1 Å². The number of carboxylic acid groups (broad SMARTS) is 1. The maximum atomic E-state index is 11.6. The van der Waals surface area contributed by atoms with Gasteiger partial charge in [-0.05, 0) is 31.2 Å². The summed E-state index contributed by atoms with van der Waals surface area (Å²) in [6.45, 7) is 2.44. The van der Waals surface area contributed by atoms with Crippen molar-refractivity contribution in [3.8, 4) is 17.0 Å². The number of nitrogens with one attached hydrogen (secondary N) is 1. The Hall–Kier alpha value is -2.56. The Balaban J connectivity index is 2.42. The molecule has 0 aliphatic heterocycles. The second-order valence-corrected chi connectivity index (χ2v) is 3.88. The predicted molar refractivity (Wildman–Crippen MR) is 70.6 cm³/mol. The van der Waals surface area contributed by atoms with E-state index in [4.69, 9.17) is 9.84 Å². The van der Waals surface area contributed by atoms with Crippen molar-refractivity contribution in [1.82, 2.24) is 4.98 Å². The van der Waals surface area contributed by atoms with Crippen LogP contribution in [0, 0.1) is 0 Å². The molecule has 1 aromatic carbocycles. The Labute approximate surface area is 109 Å². The molecule has 0 saturated carbocycles. The monoisotopic (exact) mass is 259 g/mol. The molecule has 98 valence electrons. The van der Waals surface area contributed by atoms with E-state index in [1.807, 2.05) is 25.1 Å². The highest BCUT2D eigenvalue weighted by Gasteiger charge is 2.09. The van der Waals surface area contributed by atoms with Gasteiger partial charge < -0.3 is 14.8 Å². The van der Waals surface area contributed by atoms with E-state index in [1.165, 1.54) is 6.07 Å². The van der Waals surface area contributed by atoms with Crippen molar-refractivity contribution in [2.75, 3.05) is 6.61 Å². The Morgan fingerprint density at radius 3 is 2.74 bits per heavy atom. The number of hydrogen-bond donors (Lipinski definition) is 2. The van der Waals surface area contributed by atoms with E-state index in [-0.39, 0.29) is 5.56 Å². The maximum Gasteiger partial charge on any atom is 0.341 e. The van der Waals surface area contributed by atoms with Crippen LogP contribution in [-0.4, -0.2) is 22.7 Å². The fourth-order valence-corrected chi connectivity index (χ4v) is 1.73. The summed E-state index contributed by atoms with van der Waals surface area (Å²) >= 11 is 0. The predicted octanol–water partition coefficient (Wildman–Crippen LogP) is 2.14. The van der Waals surface area contributed by atoms with E-state index in [2.05, 4.69) is 4.98 Å². The normalized spacial score (nSPS) is 10.2. The summed E-state index contributed by atoms with van der Waals surface area (Å²) in [5, 5.41) is 8.80. The van der Waals surface area contributed by atoms with Crippen molar-refractivity contribution < 1.29 is 14.6 Å². The SMILES string of the molecule is CCOc1cccc(-c2ccc(C(=O)O)c(=O)[nH]2)c1. The first-order chi connectivity index (χ1) is 9.11. The lowest BCUT2D eigenvalue weighted by Crippen LogP contribution is -2.17. The molecule has 0 fully saturated rings. The number of aromatic nitrogens is 1. The number of H-pyrrole nitrogens is 1. The summed E-state index contributed by atoms with van der Waals surface area (Å²) < 4.78 is 5.37. The molecular formula is C14H13NO4. The van der Waals surface area contributed by atoms with E-state index < -0.39 is 11.5 Å². The van der Waals surface area contributed by atoms with Crippen LogP contribution in [-0.2, 0) is 0 Å². The summed E-state index contributed by atoms with van der Waals surface area (Å²) in [5.41, 5.74) is 0.424. The second kappa shape index (κ2) is 5.39. The van der Waals surface area contributed by atoms with Gasteiger partial charge in [0, 0.05) is 11.3 Å². The summed E-state index contributed by atoms with van der Waals surface area (Å²) in [6.07, 6.45) is 0. The van der Waals surface area contributed by atoms with Gasteiger partial charge in [0.2, 0.25) is 0 Å². The number of carboxylic acids is 1. The zero-order chi connectivity index (χ0) is 13.8. The van der Waals surface area contributed by atoms with Gasteiger partial charge in [-0.3, -0.25) is 4.79 Å². The lowest BCUT2D eigenvalue weighted by Gasteiger charge is -2.06. The van der Waals surface area contributed by atoms with Crippen molar-refractivity contribution in [3.63, 3.8) is 0 Å². The van der Waals surface area contributed by atoms with Gasteiger partial charge in [-0.25, -0.2) is 4.79 Å². The van der Waals surface area contributed by atoms with Crippen LogP contribution in [0.1, 0.15) is 17.3 Å². The lowest BCUT2D eigenvalue weighted by molar-refractivity contribution is 0.0695. The molecule has 1 aromatic heterocycles. The van der Waals surface area contributed by atoms with Gasteiger partial charge in [0.1, 0.15) is 11.3 Å². The van der Waals surface area contributed by atoms with E-state index in [0.29, 0.717) is 18.1 Å². The largest absolute Gasteiger partial charge is 0.494 e. The van der Waals surface area contributed by atoms with Gasteiger partial charge in [-0.2, -0.15) is 0 Å². The van der Waals surface area contributed by atoms with Crippen molar-refractivity contribution in [1.29, 1.82) is 0 Å². The first-order valence-corrected chi connectivity index (χ1v) is 5.81. The van der Waals surface area contributed by atoms with Crippen LogP contribution >= 0.6 is 0 Å². The molecule has 0 amide bonds. The van der Waals surface area contributed by atoms with E-state index in [0.717, 1.165) is 5.56 Å². The van der Waals surface area contributed by atoms with Crippen LogP contribution < -0.4 is 10.3 Å². The molecular weight excluding hydrogens is 246 g/mol. The van der Waals surface area contributed by atoms with E-state index in [1.54, 1.807) is 12.1 Å². The third kappa shape index (κ3) is 2.82.